The Kier molecular flexibility index (Phi) is 9.31. The van der Waals surface area contributed by atoms with Crippen molar-refractivity contribution in [1.82, 2.24) is 0 Å². The van der Waals surface area contributed by atoms with Crippen LogP contribution >= 0.6 is 0 Å². The summed E-state index contributed by atoms with van der Waals surface area (Å²) in [6.07, 6.45) is 3.49. The van der Waals surface area contributed by atoms with Crippen LogP contribution in [0.5, 0.6) is 0 Å². The molecule has 2 nitrogen and oxygen atoms in total. The molecule has 0 saturated heterocycles. The lowest BCUT2D eigenvalue weighted by atomic mass is 9.33. The Morgan fingerprint density at radius 1 is 0.439 bits per heavy atom. The monoisotopic (exact) mass is 863 g/mol. The van der Waals surface area contributed by atoms with Gasteiger partial charge in [0.2, 0.25) is 0 Å². The van der Waals surface area contributed by atoms with E-state index in [1.807, 2.05) is 0 Å². The molecule has 7 aromatic carbocycles. The van der Waals surface area contributed by atoms with E-state index in [-0.39, 0.29) is 33.8 Å². The summed E-state index contributed by atoms with van der Waals surface area (Å²) in [7, 11) is 0. The zero-order chi connectivity index (χ0) is 46.5. The molecule has 11 rings (SSSR count). The Morgan fingerprint density at radius 2 is 0.970 bits per heavy atom. The van der Waals surface area contributed by atoms with Gasteiger partial charge in [-0.1, -0.05) is 167 Å². The minimum absolute atomic E-state index is 0.00871. The first-order chi connectivity index (χ1) is 31.1. The van der Waals surface area contributed by atoms with Gasteiger partial charge in [0.25, 0.3) is 6.71 Å². The van der Waals surface area contributed by atoms with Crippen molar-refractivity contribution in [1.29, 1.82) is 0 Å². The van der Waals surface area contributed by atoms with Gasteiger partial charge in [0, 0.05) is 34.0 Å². The van der Waals surface area contributed by atoms with Gasteiger partial charge in [0.05, 0.1) is 5.69 Å². The predicted octanol–water partition coefficient (Wildman–Crippen LogP) is 15.3. The van der Waals surface area contributed by atoms with E-state index in [0.29, 0.717) is 0 Å². The smallest absolute Gasteiger partial charge is 0.252 e. The van der Waals surface area contributed by atoms with Crippen LogP contribution in [-0.2, 0) is 27.1 Å². The minimum atomic E-state index is -0.00871. The van der Waals surface area contributed by atoms with Crippen LogP contribution < -0.4 is 26.2 Å². The predicted molar refractivity (Wildman–Crippen MR) is 285 cm³/mol. The van der Waals surface area contributed by atoms with Crippen molar-refractivity contribution in [3.8, 4) is 22.3 Å². The number of fused-ring (bicyclic) bond motifs is 6. The maximum atomic E-state index is 2.68. The molecule has 0 saturated carbocycles. The number of nitrogens with zero attached hydrogens (tertiary/aromatic N) is 2. The second-order valence-corrected chi connectivity index (χ2v) is 24.2. The molecule has 0 spiro atoms. The summed E-state index contributed by atoms with van der Waals surface area (Å²) in [6.45, 7) is 31.4. The summed E-state index contributed by atoms with van der Waals surface area (Å²) in [5.41, 5.74) is 26.9. The van der Waals surface area contributed by atoms with Crippen LogP contribution in [0.25, 0.3) is 22.3 Å². The number of benzene rings is 7. The third-order valence-corrected chi connectivity index (χ3v) is 16.4. The molecule has 0 amide bonds. The summed E-state index contributed by atoms with van der Waals surface area (Å²) in [4.78, 5) is 5.36. The van der Waals surface area contributed by atoms with Crippen LogP contribution in [0.2, 0.25) is 0 Å². The number of anilines is 6. The van der Waals surface area contributed by atoms with Gasteiger partial charge < -0.3 is 9.80 Å². The Morgan fingerprint density at radius 3 is 1.59 bits per heavy atom. The molecule has 7 aromatic rings. The summed E-state index contributed by atoms with van der Waals surface area (Å²) in [6, 6.07) is 52.2. The molecule has 0 unspecified atom stereocenters. The SMILES string of the molecule is Cc1cc2c3c(c1)N(c1ccc(C(C)(C)C)cc1-c1ccccc1)c1cc4c(cc1B3c1ccc(-c3ccccc3)cc1N2c1cc2c(cc1C)C(C)(C)CCC2(C)C)C(C)(C)CC4(C)C. The average Bonchev–Trinajstić information content (AvgIpc) is 3.45. The molecular weight excluding hydrogens is 796 g/mol. The van der Waals surface area contributed by atoms with Crippen LogP contribution in [0, 0.1) is 13.8 Å². The molecule has 66 heavy (non-hydrogen) atoms. The highest BCUT2D eigenvalue weighted by Crippen LogP contribution is 2.55. The first-order valence-corrected chi connectivity index (χ1v) is 24.6. The molecule has 2 aliphatic heterocycles. The average molecular weight is 863 g/mol. The Balaban J connectivity index is 1.27. The Bertz CT molecular complexity index is 3120. The van der Waals surface area contributed by atoms with Crippen LogP contribution in [0.4, 0.5) is 34.1 Å². The Hall–Kier alpha value is -5.80. The third-order valence-electron chi connectivity index (χ3n) is 16.4. The standard InChI is InChI=1S/C63H67BN2/c1-39-30-56-58-57(31-39)66(53-36-48-46(32-40(53)2)60(6,7)28-29-61(48,8)9)54-33-43(41-20-16-14-17-21-41)24-26-50(54)64(58)51-35-47-49(63(12,13)38-62(47,10)11)37-55(51)65(56)52-27-25-44(59(3,4)5)34-45(52)42-22-18-15-19-23-42/h14-27,30-37H,28-29,38H2,1-13H3. The van der Waals surface area contributed by atoms with Crippen molar-refractivity contribution in [3.63, 3.8) is 0 Å². The molecule has 4 aliphatic rings. The van der Waals surface area contributed by atoms with E-state index < -0.39 is 0 Å². The number of aryl methyl sites for hydroxylation is 2. The Labute approximate surface area is 396 Å². The van der Waals surface area contributed by atoms with Crippen LogP contribution in [-0.4, -0.2) is 6.71 Å². The van der Waals surface area contributed by atoms with E-state index in [0.717, 1.165) is 6.42 Å². The largest absolute Gasteiger partial charge is 0.311 e. The maximum absolute atomic E-state index is 2.68. The highest BCUT2D eigenvalue weighted by molar-refractivity contribution is 7.00. The third kappa shape index (κ3) is 6.50. The molecule has 0 aromatic heterocycles. The lowest BCUT2D eigenvalue weighted by Gasteiger charge is -2.47. The lowest BCUT2D eigenvalue weighted by molar-refractivity contribution is 0.332. The zero-order valence-electron chi connectivity index (χ0n) is 41.8. The highest BCUT2D eigenvalue weighted by atomic mass is 15.2. The van der Waals surface area contributed by atoms with Gasteiger partial charge in [0.1, 0.15) is 0 Å². The van der Waals surface area contributed by atoms with Gasteiger partial charge in [-0.2, -0.15) is 0 Å². The van der Waals surface area contributed by atoms with Crippen molar-refractivity contribution < 1.29 is 0 Å². The second kappa shape index (κ2) is 14.4. The normalized spacial score (nSPS) is 18.0. The molecule has 332 valence electrons. The summed E-state index contributed by atoms with van der Waals surface area (Å²) < 4.78 is 0. The first-order valence-electron chi connectivity index (χ1n) is 24.6. The van der Waals surface area contributed by atoms with Gasteiger partial charge in [0.15, 0.2) is 0 Å². The lowest BCUT2D eigenvalue weighted by Crippen LogP contribution is -2.61. The van der Waals surface area contributed by atoms with Crippen molar-refractivity contribution in [3.05, 3.63) is 172 Å². The molecule has 2 heterocycles. The van der Waals surface area contributed by atoms with E-state index >= 15 is 0 Å². The number of rotatable bonds is 4. The van der Waals surface area contributed by atoms with Crippen LogP contribution in [0.15, 0.2) is 133 Å². The molecular formula is C63H67BN2. The zero-order valence-corrected chi connectivity index (χ0v) is 41.8. The van der Waals surface area contributed by atoms with E-state index in [1.54, 1.807) is 0 Å². The topological polar surface area (TPSA) is 6.48 Å². The van der Waals surface area contributed by atoms with Crippen molar-refractivity contribution in [2.45, 2.75) is 136 Å². The van der Waals surface area contributed by atoms with Crippen molar-refractivity contribution in [2.24, 2.45) is 0 Å². The van der Waals surface area contributed by atoms with Gasteiger partial charge in [-0.05, 0) is 175 Å². The first kappa shape index (κ1) is 42.8. The highest BCUT2D eigenvalue weighted by Gasteiger charge is 2.49. The quantitative estimate of drug-likeness (QED) is 0.163. The van der Waals surface area contributed by atoms with E-state index in [9.17, 15) is 0 Å². The van der Waals surface area contributed by atoms with Crippen LogP contribution in [0.3, 0.4) is 0 Å². The fourth-order valence-electron chi connectivity index (χ4n) is 12.9. The maximum Gasteiger partial charge on any atom is 0.252 e. The fraction of sp³-hybridized carbons (Fsp3) is 0.333. The summed E-state index contributed by atoms with van der Waals surface area (Å²) in [5.74, 6) is 0. The molecule has 0 N–H and O–H groups in total. The van der Waals surface area contributed by atoms with Crippen molar-refractivity contribution in [2.75, 3.05) is 9.80 Å². The fourth-order valence-corrected chi connectivity index (χ4v) is 12.9. The van der Waals surface area contributed by atoms with E-state index in [2.05, 4.69) is 233 Å². The summed E-state index contributed by atoms with van der Waals surface area (Å²) >= 11 is 0. The van der Waals surface area contributed by atoms with Gasteiger partial charge in [-0.3, -0.25) is 0 Å². The molecule has 2 aliphatic carbocycles. The molecule has 0 bridgehead atoms. The van der Waals surface area contributed by atoms with Gasteiger partial charge >= 0.3 is 0 Å². The molecule has 0 radical (unpaired) electrons. The van der Waals surface area contributed by atoms with Gasteiger partial charge in [-0.25, -0.2) is 0 Å². The minimum Gasteiger partial charge on any atom is -0.311 e. The molecule has 0 fully saturated rings. The second-order valence-electron chi connectivity index (χ2n) is 24.2. The van der Waals surface area contributed by atoms with Crippen LogP contribution in [0.1, 0.15) is 134 Å². The van der Waals surface area contributed by atoms with Gasteiger partial charge in [-0.15, -0.1) is 0 Å². The molecule has 0 atom stereocenters. The van der Waals surface area contributed by atoms with E-state index in [4.69, 9.17) is 0 Å². The number of hydrogen-bond acceptors (Lipinski definition) is 2. The number of hydrogen-bond donors (Lipinski definition) is 0. The summed E-state index contributed by atoms with van der Waals surface area (Å²) in [5, 5.41) is 0. The van der Waals surface area contributed by atoms with E-state index in [1.165, 1.54) is 125 Å². The molecule has 3 heteroatoms. The van der Waals surface area contributed by atoms with Crippen molar-refractivity contribution >= 4 is 57.2 Å².